The number of nitrogens with two attached hydrogens (primary N) is 1. The number of amides is 4. The number of aryl methyl sites for hydroxylation is 1. The number of aliphatic imine (C=N–C) groups is 1. The molecule has 0 saturated carbocycles. The molecule has 3 N–H and O–H groups in total. The summed E-state index contributed by atoms with van der Waals surface area (Å²) in [5.41, 5.74) is 7.79. The molecular weight excluding hydrogens is 592 g/mol. The zero-order chi connectivity index (χ0) is 32.9. The van der Waals surface area contributed by atoms with Gasteiger partial charge in [-0.05, 0) is 62.9 Å². The number of pyridine rings is 1. The van der Waals surface area contributed by atoms with Crippen molar-refractivity contribution in [2.45, 2.75) is 45.4 Å². The first-order valence-electron chi connectivity index (χ1n) is 14.7. The first-order chi connectivity index (χ1) is 21.6. The first kappa shape index (κ1) is 34.7. The number of fused-ring (bicyclic) bond motifs is 1. The SMILES string of the molecule is C#C.Cc1nc2cc(N=C(N)NC(=O)c3ccc(C(=O)N(C)C)nc3)ccc2s1.O=C(CN1CCCCCC1=O)N1CCCC1. The van der Waals surface area contributed by atoms with Gasteiger partial charge in [-0.1, -0.05) is 6.42 Å². The van der Waals surface area contributed by atoms with Crippen molar-refractivity contribution in [1.29, 1.82) is 0 Å². The summed E-state index contributed by atoms with van der Waals surface area (Å²) in [6.45, 7) is 4.76. The molecule has 238 valence electrons. The molecule has 2 aliphatic heterocycles. The average molecular weight is 633 g/mol. The largest absolute Gasteiger partial charge is 0.369 e. The summed E-state index contributed by atoms with van der Waals surface area (Å²) in [4.78, 5) is 65.4. The van der Waals surface area contributed by atoms with Crippen LogP contribution in [0.2, 0.25) is 0 Å². The Labute approximate surface area is 267 Å². The van der Waals surface area contributed by atoms with Crippen LogP contribution >= 0.6 is 11.3 Å². The molecule has 2 aliphatic rings. The van der Waals surface area contributed by atoms with E-state index in [1.807, 2.05) is 24.0 Å². The Hall–Kier alpha value is -4.83. The Morgan fingerprint density at radius 1 is 1.04 bits per heavy atom. The summed E-state index contributed by atoms with van der Waals surface area (Å²) in [5.74, 6) is -0.452. The number of rotatable bonds is 5. The van der Waals surface area contributed by atoms with Gasteiger partial charge in [-0.15, -0.1) is 24.2 Å². The number of nitrogens with zero attached hydrogens (tertiary/aromatic N) is 6. The van der Waals surface area contributed by atoms with E-state index in [9.17, 15) is 19.2 Å². The molecule has 5 rings (SSSR count). The van der Waals surface area contributed by atoms with Gasteiger partial charge in [0.15, 0.2) is 0 Å². The number of likely N-dealkylation sites (tertiary alicyclic amines) is 2. The number of guanidine groups is 1. The molecule has 13 heteroatoms. The second-order valence-corrected chi connectivity index (χ2v) is 11.9. The van der Waals surface area contributed by atoms with Gasteiger partial charge in [0.1, 0.15) is 5.69 Å². The van der Waals surface area contributed by atoms with Gasteiger partial charge in [-0.2, -0.15) is 0 Å². The number of aromatic nitrogens is 2. The van der Waals surface area contributed by atoms with Gasteiger partial charge in [-0.3, -0.25) is 29.5 Å². The lowest BCUT2D eigenvalue weighted by atomic mass is 10.2. The topological polar surface area (TPSA) is 154 Å². The maximum Gasteiger partial charge on any atom is 0.271 e. The Bertz CT molecular complexity index is 1540. The van der Waals surface area contributed by atoms with E-state index in [0.717, 1.165) is 67.0 Å². The minimum atomic E-state index is -0.460. The zero-order valence-electron chi connectivity index (χ0n) is 26.0. The summed E-state index contributed by atoms with van der Waals surface area (Å²) in [6, 6.07) is 8.53. The summed E-state index contributed by atoms with van der Waals surface area (Å²) in [7, 11) is 3.26. The summed E-state index contributed by atoms with van der Waals surface area (Å²) in [5, 5.41) is 3.47. The standard InChI is InChI=1S/C18H18N6O2S.C12H20N2O2.C2H2/c1-10-21-14-8-12(5-7-15(14)27-10)22-18(19)23-16(25)11-4-6-13(20-9-11)17(26)24(2)3;15-11-6-2-1-3-9-14(11)10-12(16)13-7-4-5-8-13;1-2/h4-9H,1-3H3,(H3,19,22,23,25);1-10H2;1-2H. The van der Waals surface area contributed by atoms with Crippen molar-refractivity contribution in [3.05, 3.63) is 52.8 Å². The molecule has 45 heavy (non-hydrogen) atoms. The lowest BCUT2D eigenvalue weighted by Gasteiger charge is -2.23. The second-order valence-electron chi connectivity index (χ2n) is 10.7. The van der Waals surface area contributed by atoms with E-state index in [2.05, 4.69) is 33.1 Å². The van der Waals surface area contributed by atoms with E-state index in [0.29, 0.717) is 18.7 Å². The number of hydrogen-bond donors (Lipinski definition) is 2. The van der Waals surface area contributed by atoms with Crippen molar-refractivity contribution in [3.63, 3.8) is 0 Å². The van der Waals surface area contributed by atoms with Gasteiger partial charge >= 0.3 is 0 Å². The van der Waals surface area contributed by atoms with Crippen LogP contribution in [0.3, 0.4) is 0 Å². The Morgan fingerprint density at radius 2 is 1.76 bits per heavy atom. The predicted molar refractivity (Wildman–Crippen MR) is 176 cm³/mol. The van der Waals surface area contributed by atoms with Crippen LogP contribution in [0.25, 0.3) is 10.2 Å². The predicted octanol–water partition coefficient (Wildman–Crippen LogP) is 3.34. The van der Waals surface area contributed by atoms with Crippen LogP contribution < -0.4 is 11.1 Å². The highest BCUT2D eigenvalue weighted by Gasteiger charge is 2.24. The molecule has 0 radical (unpaired) electrons. The van der Waals surface area contributed by atoms with Crippen LogP contribution in [0.4, 0.5) is 5.69 Å². The molecule has 0 bridgehead atoms. The van der Waals surface area contributed by atoms with E-state index in [-0.39, 0.29) is 34.9 Å². The monoisotopic (exact) mass is 632 g/mol. The number of hydrogen-bond acceptors (Lipinski definition) is 8. The van der Waals surface area contributed by atoms with Gasteiger partial charge in [0.05, 0.1) is 33.0 Å². The molecule has 2 saturated heterocycles. The van der Waals surface area contributed by atoms with Crippen molar-refractivity contribution in [2.75, 3.05) is 40.3 Å². The van der Waals surface area contributed by atoms with E-state index in [4.69, 9.17) is 5.73 Å². The van der Waals surface area contributed by atoms with Gasteiger partial charge in [0, 0.05) is 46.3 Å². The molecule has 1 aromatic carbocycles. The number of nitrogens with one attached hydrogen (secondary N) is 1. The summed E-state index contributed by atoms with van der Waals surface area (Å²) in [6.07, 6.45) is 15.3. The number of carbonyl (C=O) groups excluding carboxylic acids is 4. The van der Waals surface area contributed by atoms with Crippen LogP contribution in [0.5, 0.6) is 0 Å². The van der Waals surface area contributed by atoms with Crippen molar-refractivity contribution in [3.8, 4) is 12.8 Å². The third kappa shape index (κ3) is 10.1. The van der Waals surface area contributed by atoms with E-state index in [1.165, 1.54) is 23.2 Å². The molecule has 2 fully saturated rings. The molecule has 12 nitrogen and oxygen atoms in total. The Kier molecular flexibility index (Phi) is 13.0. The molecule has 2 aromatic heterocycles. The second kappa shape index (κ2) is 16.9. The number of carbonyl (C=O) groups is 4. The van der Waals surface area contributed by atoms with Crippen LogP contribution in [-0.2, 0) is 9.59 Å². The quantitative estimate of drug-likeness (QED) is 0.248. The fourth-order valence-electron chi connectivity index (χ4n) is 4.78. The van der Waals surface area contributed by atoms with Crippen molar-refractivity contribution in [2.24, 2.45) is 10.7 Å². The summed E-state index contributed by atoms with van der Waals surface area (Å²) < 4.78 is 1.06. The van der Waals surface area contributed by atoms with E-state index in [1.54, 1.807) is 36.4 Å². The van der Waals surface area contributed by atoms with Crippen molar-refractivity contribution >= 4 is 56.8 Å². The number of thiazole rings is 1. The molecule has 0 atom stereocenters. The first-order valence-corrected chi connectivity index (χ1v) is 15.5. The van der Waals surface area contributed by atoms with Crippen molar-refractivity contribution in [1.82, 2.24) is 30.0 Å². The molecule has 4 heterocycles. The van der Waals surface area contributed by atoms with Crippen LogP contribution in [0.15, 0.2) is 41.5 Å². The maximum absolute atomic E-state index is 12.3. The lowest BCUT2D eigenvalue weighted by molar-refractivity contribution is -0.139. The summed E-state index contributed by atoms with van der Waals surface area (Å²) >= 11 is 1.60. The van der Waals surface area contributed by atoms with Gasteiger partial charge in [0.2, 0.25) is 17.8 Å². The highest BCUT2D eigenvalue weighted by Crippen LogP contribution is 2.25. The lowest BCUT2D eigenvalue weighted by Crippen LogP contribution is -2.41. The highest BCUT2D eigenvalue weighted by atomic mass is 32.1. The van der Waals surface area contributed by atoms with Gasteiger partial charge in [-0.25, -0.2) is 9.98 Å². The van der Waals surface area contributed by atoms with Crippen LogP contribution in [-0.4, -0.2) is 94.5 Å². The molecule has 3 aromatic rings. The molecule has 4 amide bonds. The Morgan fingerprint density at radius 3 is 2.42 bits per heavy atom. The minimum Gasteiger partial charge on any atom is -0.369 e. The Balaban J connectivity index is 0.000000261. The fourth-order valence-corrected chi connectivity index (χ4v) is 5.58. The maximum atomic E-state index is 12.3. The van der Waals surface area contributed by atoms with Gasteiger partial charge in [0.25, 0.3) is 11.8 Å². The van der Waals surface area contributed by atoms with E-state index >= 15 is 0 Å². The average Bonchev–Trinajstić information content (AvgIpc) is 3.65. The van der Waals surface area contributed by atoms with E-state index < -0.39 is 5.91 Å². The van der Waals surface area contributed by atoms with Crippen LogP contribution in [0, 0.1) is 19.8 Å². The fraction of sp³-hybridized carbons (Fsp3) is 0.406. The third-order valence-corrected chi connectivity index (χ3v) is 8.03. The highest BCUT2D eigenvalue weighted by molar-refractivity contribution is 7.18. The normalized spacial score (nSPS) is 14.9. The molecular formula is C32H40N8O4S. The number of terminal acetylenes is 1. The third-order valence-electron chi connectivity index (χ3n) is 7.08. The zero-order valence-corrected chi connectivity index (χ0v) is 26.8. The molecule has 0 spiro atoms. The number of benzene rings is 1. The van der Waals surface area contributed by atoms with Crippen LogP contribution in [0.1, 0.15) is 64.4 Å². The minimum absolute atomic E-state index is 0.0419. The molecule has 0 aliphatic carbocycles. The van der Waals surface area contributed by atoms with Crippen molar-refractivity contribution < 1.29 is 19.2 Å². The van der Waals surface area contributed by atoms with Gasteiger partial charge < -0.3 is 20.4 Å². The molecule has 0 unspecified atom stereocenters. The smallest absolute Gasteiger partial charge is 0.271 e.